The van der Waals surface area contributed by atoms with Gasteiger partial charge in [0.15, 0.2) is 5.13 Å². The van der Waals surface area contributed by atoms with E-state index in [1.54, 1.807) is 0 Å². The van der Waals surface area contributed by atoms with Crippen LogP contribution in [0.4, 0.5) is 5.13 Å². The molecule has 5 heteroatoms. The minimum absolute atomic E-state index is 0.419. The molecule has 2 unspecified atom stereocenters. The molecule has 1 saturated heterocycles. The van der Waals surface area contributed by atoms with E-state index in [-0.39, 0.29) is 0 Å². The first-order chi connectivity index (χ1) is 9.04. The first kappa shape index (κ1) is 14.3. The van der Waals surface area contributed by atoms with Crippen LogP contribution in [0.15, 0.2) is 0 Å². The molecule has 2 rings (SSSR count). The molecule has 0 bridgehead atoms. The van der Waals surface area contributed by atoms with Gasteiger partial charge in [-0.15, -0.1) is 0 Å². The van der Waals surface area contributed by atoms with Gasteiger partial charge in [-0.25, -0.2) is 9.78 Å². The Morgan fingerprint density at radius 1 is 1.53 bits per heavy atom. The van der Waals surface area contributed by atoms with Crippen molar-refractivity contribution >= 4 is 22.4 Å². The van der Waals surface area contributed by atoms with Gasteiger partial charge in [0.1, 0.15) is 4.88 Å². The van der Waals surface area contributed by atoms with Crippen molar-refractivity contribution in [3.8, 4) is 0 Å². The normalized spacial score (nSPS) is 23.6. The largest absolute Gasteiger partial charge is 0.477 e. The first-order valence-corrected chi connectivity index (χ1v) is 7.85. The number of aryl methyl sites for hydroxylation is 1. The van der Waals surface area contributed by atoms with Crippen LogP contribution in [0, 0.1) is 5.92 Å². The second kappa shape index (κ2) is 5.90. The quantitative estimate of drug-likeness (QED) is 0.919. The molecule has 0 aliphatic carbocycles. The van der Waals surface area contributed by atoms with Crippen LogP contribution in [0.5, 0.6) is 0 Å². The van der Waals surface area contributed by atoms with Gasteiger partial charge < -0.3 is 10.0 Å². The van der Waals surface area contributed by atoms with Crippen molar-refractivity contribution in [1.29, 1.82) is 0 Å². The lowest BCUT2D eigenvalue weighted by Gasteiger charge is -2.37. The molecule has 1 fully saturated rings. The Kier molecular flexibility index (Phi) is 4.45. The van der Waals surface area contributed by atoms with Gasteiger partial charge in [0.2, 0.25) is 0 Å². The van der Waals surface area contributed by atoms with Crippen molar-refractivity contribution in [3.05, 3.63) is 10.6 Å². The molecule has 4 nitrogen and oxygen atoms in total. The maximum atomic E-state index is 11.3. The van der Waals surface area contributed by atoms with Crippen LogP contribution < -0.4 is 4.90 Å². The number of thiazole rings is 1. The van der Waals surface area contributed by atoms with E-state index < -0.39 is 5.97 Å². The fraction of sp³-hybridized carbons (Fsp3) is 0.714. The summed E-state index contributed by atoms with van der Waals surface area (Å²) in [6, 6.07) is 0.441. The molecule has 0 amide bonds. The molecule has 0 spiro atoms. The lowest BCUT2D eigenvalue weighted by Crippen LogP contribution is -2.42. The van der Waals surface area contributed by atoms with Crippen molar-refractivity contribution in [3.63, 3.8) is 0 Å². The Balaban J connectivity index is 2.29. The second-order valence-electron chi connectivity index (χ2n) is 5.38. The third-order valence-corrected chi connectivity index (χ3v) is 5.11. The third-order valence-electron chi connectivity index (χ3n) is 3.99. The minimum Gasteiger partial charge on any atom is -0.477 e. The highest BCUT2D eigenvalue weighted by Gasteiger charge is 2.28. The summed E-state index contributed by atoms with van der Waals surface area (Å²) < 4.78 is 0. The SMILES string of the molecule is CCCc1nc(N2CCCC(C)C2C)sc1C(=O)O. The number of hydrogen-bond acceptors (Lipinski definition) is 4. The zero-order valence-corrected chi connectivity index (χ0v) is 12.7. The lowest BCUT2D eigenvalue weighted by molar-refractivity contribution is 0.0700. The van der Waals surface area contributed by atoms with E-state index in [1.165, 1.54) is 17.8 Å². The number of aromatic nitrogens is 1. The smallest absolute Gasteiger partial charge is 0.347 e. The summed E-state index contributed by atoms with van der Waals surface area (Å²) in [5, 5.41) is 10.2. The first-order valence-electron chi connectivity index (χ1n) is 7.04. The van der Waals surface area contributed by atoms with Crippen molar-refractivity contribution in [2.24, 2.45) is 5.92 Å². The zero-order valence-electron chi connectivity index (χ0n) is 11.8. The van der Waals surface area contributed by atoms with Crippen molar-refractivity contribution in [2.45, 2.75) is 52.5 Å². The molecule has 0 aromatic carbocycles. The van der Waals surface area contributed by atoms with Crippen LogP contribution in [-0.2, 0) is 6.42 Å². The summed E-state index contributed by atoms with van der Waals surface area (Å²) in [6.45, 7) is 7.51. The molecular weight excluding hydrogens is 260 g/mol. The van der Waals surface area contributed by atoms with Gasteiger partial charge in [0, 0.05) is 12.6 Å². The molecule has 19 heavy (non-hydrogen) atoms. The standard InChI is InChI=1S/C14H22N2O2S/c1-4-6-11-12(13(17)18)19-14(15-11)16-8-5-7-9(2)10(16)3/h9-10H,4-8H2,1-3H3,(H,17,18). The van der Waals surface area contributed by atoms with Gasteiger partial charge in [-0.1, -0.05) is 31.6 Å². The minimum atomic E-state index is -0.843. The molecule has 1 aromatic heterocycles. The molecule has 1 aliphatic rings. The Bertz CT molecular complexity index is 458. The van der Waals surface area contributed by atoms with Crippen LogP contribution in [-0.4, -0.2) is 28.6 Å². The van der Waals surface area contributed by atoms with Crippen LogP contribution in [0.2, 0.25) is 0 Å². The summed E-state index contributed by atoms with van der Waals surface area (Å²) in [6.07, 6.45) is 4.08. The van der Waals surface area contributed by atoms with E-state index in [4.69, 9.17) is 0 Å². The van der Waals surface area contributed by atoms with Crippen LogP contribution in [0.1, 0.15) is 55.4 Å². The fourth-order valence-electron chi connectivity index (χ4n) is 2.64. The van der Waals surface area contributed by atoms with E-state index in [0.717, 1.165) is 36.6 Å². The monoisotopic (exact) mass is 282 g/mol. The molecule has 2 heterocycles. The van der Waals surface area contributed by atoms with Gasteiger partial charge in [-0.2, -0.15) is 0 Å². The number of anilines is 1. The number of aromatic carboxylic acids is 1. The number of carbonyl (C=O) groups is 1. The van der Waals surface area contributed by atoms with Crippen molar-refractivity contribution < 1.29 is 9.90 Å². The van der Waals surface area contributed by atoms with Gasteiger partial charge in [0.05, 0.1) is 5.69 Å². The highest BCUT2D eigenvalue weighted by molar-refractivity contribution is 7.17. The van der Waals surface area contributed by atoms with E-state index in [9.17, 15) is 9.90 Å². The predicted molar refractivity (Wildman–Crippen MR) is 78.3 cm³/mol. The van der Waals surface area contributed by atoms with Crippen molar-refractivity contribution in [2.75, 3.05) is 11.4 Å². The van der Waals surface area contributed by atoms with Crippen LogP contribution >= 0.6 is 11.3 Å². The highest BCUT2D eigenvalue weighted by Crippen LogP contribution is 2.33. The Morgan fingerprint density at radius 3 is 2.89 bits per heavy atom. The average Bonchev–Trinajstić information content (AvgIpc) is 2.77. The van der Waals surface area contributed by atoms with Crippen molar-refractivity contribution in [1.82, 2.24) is 4.98 Å². The lowest BCUT2D eigenvalue weighted by atomic mass is 9.93. The van der Waals surface area contributed by atoms with E-state index in [2.05, 4.69) is 30.7 Å². The number of hydrogen-bond donors (Lipinski definition) is 1. The maximum absolute atomic E-state index is 11.3. The molecule has 0 radical (unpaired) electrons. The van der Waals surface area contributed by atoms with Gasteiger partial charge >= 0.3 is 5.97 Å². The summed E-state index contributed by atoms with van der Waals surface area (Å²) in [7, 11) is 0. The molecular formula is C14H22N2O2S. The van der Waals surface area contributed by atoms with Gasteiger partial charge in [0.25, 0.3) is 0 Å². The molecule has 1 N–H and O–H groups in total. The van der Waals surface area contributed by atoms with E-state index >= 15 is 0 Å². The summed E-state index contributed by atoms with van der Waals surface area (Å²) in [5.41, 5.74) is 0.750. The number of carboxylic acids is 1. The van der Waals surface area contributed by atoms with E-state index in [1.807, 2.05) is 0 Å². The molecule has 1 aliphatic heterocycles. The summed E-state index contributed by atoms with van der Waals surface area (Å²) in [5.74, 6) is -0.203. The van der Waals surface area contributed by atoms with Gasteiger partial charge in [-0.05, 0) is 32.1 Å². The predicted octanol–water partition coefficient (Wildman–Crippen LogP) is 3.42. The number of piperidine rings is 1. The summed E-state index contributed by atoms with van der Waals surface area (Å²) >= 11 is 1.34. The topological polar surface area (TPSA) is 53.4 Å². The van der Waals surface area contributed by atoms with Crippen LogP contribution in [0.25, 0.3) is 0 Å². The molecule has 2 atom stereocenters. The molecule has 0 saturated carbocycles. The zero-order chi connectivity index (χ0) is 14.0. The number of rotatable bonds is 4. The molecule has 1 aromatic rings. The number of nitrogens with zero attached hydrogens (tertiary/aromatic N) is 2. The Morgan fingerprint density at radius 2 is 2.26 bits per heavy atom. The maximum Gasteiger partial charge on any atom is 0.347 e. The summed E-state index contributed by atoms with van der Waals surface area (Å²) in [4.78, 5) is 18.6. The molecule has 106 valence electrons. The average molecular weight is 282 g/mol. The third kappa shape index (κ3) is 2.91. The number of carboxylic acid groups (broad SMARTS) is 1. The van der Waals surface area contributed by atoms with Gasteiger partial charge in [-0.3, -0.25) is 0 Å². The van der Waals surface area contributed by atoms with Crippen LogP contribution in [0.3, 0.4) is 0 Å². The second-order valence-corrected chi connectivity index (χ2v) is 6.36. The highest BCUT2D eigenvalue weighted by atomic mass is 32.1. The Hall–Kier alpha value is -1.10. The van der Waals surface area contributed by atoms with E-state index in [0.29, 0.717) is 16.8 Å². The Labute approximate surface area is 118 Å². The fourth-order valence-corrected chi connectivity index (χ4v) is 3.71.